The summed E-state index contributed by atoms with van der Waals surface area (Å²) in [4.78, 5) is 7.42. The van der Waals surface area contributed by atoms with Gasteiger partial charge in [0.1, 0.15) is 5.82 Å². The molecule has 0 aromatic carbocycles. The summed E-state index contributed by atoms with van der Waals surface area (Å²) in [6.07, 6.45) is 12.2. The number of aromatic amines is 1. The van der Waals surface area contributed by atoms with E-state index in [-0.39, 0.29) is 0 Å². The number of hydrogen-bond acceptors (Lipinski definition) is 2. The summed E-state index contributed by atoms with van der Waals surface area (Å²) in [6.45, 7) is 3.28. The first kappa shape index (κ1) is 11.6. The van der Waals surface area contributed by atoms with E-state index in [1.165, 1.54) is 38.5 Å². The van der Waals surface area contributed by atoms with Gasteiger partial charge in [-0.05, 0) is 25.8 Å². The Labute approximate surface area is 98.1 Å². The molecule has 0 amide bonds. The molecule has 0 bridgehead atoms. The molecular formula is C13H23N3. The van der Waals surface area contributed by atoms with Crippen molar-refractivity contribution in [2.24, 2.45) is 5.92 Å². The van der Waals surface area contributed by atoms with E-state index in [2.05, 4.69) is 22.2 Å². The van der Waals surface area contributed by atoms with Gasteiger partial charge in [-0.1, -0.05) is 32.1 Å². The van der Waals surface area contributed by atoms with E-state index in [0.717, 1.165) is 18.3 Å². The summed E-state index contributed by atoms with van der Waals surface area (Å²) in [5.74, 6) is 2.01. The smallest absolute Gasteiger partial charge is 0.122 e. The first-order chi connectivity index (χ1) is 7.86. The number of hydrogen-bond donors (Lipinski definition) is 2. The maximum absolute atomic E-state index is 4.26. The van der Waals surface area contributed by atoms with Gasteiger partial charge in [0, 0.05) is 12.4 Å². The number of H-pyrrole nitrogens is 1. The van der Waals surface area contributed by atoms with E-state index < -0.39 is 0 Å². The first-order valence-corrected chi connectivity index (χ1v) is 6.59. The van der Waals surface area contributed by atoms with Crippen LogP contribution in [0, 0.1) is 5.92 Å². The van der Waals surface area contributed by atoms with Gasteiger partial charge in [-0.25, -0.2) is 4.98 Å². The lowest BCUT2D eigenvalue weighted by Gasteiger charge is -2.22. The van der Waals surface area contributed by atoms with Crippen LogP contribution in [0.5, 0.6) is 0 Å². The third-order valence-corrected chi connectivity index (χ3v) is 3.66. The van der Waals surface area contributed by atoms with E-state index >= 15 is 0 Å². The Hall–Kier alpha value is -0.830. The van der Waals surface area contributed by atoms with Gasteiger partial charge in [-0.2, -0.15) is 0 Å². The highest BCUT2D eigenvalue weighted by atomic mass is 15.0. The van der Waals surface area contributed by atoms with Gasteiger partial charge in [-0.15, -0.1) is 0 Å². The van der Waals surface area contributed by atoms with Crippen LogP contribution in [0.25, 0.3) is 0 Å². The fourth-order valence-corrected chi connectivity index (χ4v) is 2.59. The zero-order valence-corrected chi connectivity index (χ0v) is 10.2. The van der Waals surface area contributed by atoms with Crippen LogP contribution in [0.4, 0.5) is 0 Å². The summed E-state index contributed by atoms with van der Waals surface area (Å²) < 4.78 is 0. The molecule has 3 heteroatoms. The first-order valence-electron chi connectivity index (χ1n) is 6.59. The second-order valence-corrected chi connectivity index (χ2v) is 4.94. The van der Waals surface area contributed by atoms with Crippen molar-refractivity contribution in [3.8, 4) is 0 Å². The quantitative estimate of drug-likeness (QED) is 0.802. The Bertz CT molecular complexity index is 275. The molecule has 0 radical (unpaired) electrons. The molecule has 16 heavy (non-hydrogen) atoms. The minimum absolute atomic E-state index is 0.346. The molecular weight excluding hydrogens is 198 g/mol. The molecule has 90 valence electrons. The summed E-state index contributed by atoms with van der Waals surface area (Å²) in [5, 5.41) is 3.54. The third kappa shape index (κ3) is 3.34. The fourth-order valence-electron chi connectivity index (χ4n) is 2.59. The normalized spacial score (nSPS) is 19.8. The third-order valence-electron chi connectivity index (χ3n) is 3.66. The molecule has 1 fully saturated rings. The van der Waals surface area contributed by atoms with E-state index in [0.29, 0.717) is 6.04 Å². The molecule has 1 atom stereocenters. The Balaban J connectivity index is 1.63. The molecule has 1 aromatic heterocycles. The predicted octanol–water partition coefficient (Wildman–Crippen LogP) is 3.03. The van der Waals surface area contributed by atoms with Gasteiger partial charge in [0.25, 0.3) is 0 Å². The number of rotatable bonds is 5. The maximum Gasteiger partial charge on any atom is 0.122 e. The average Bonchev–Trinajstić information content (AvgIpc) is 2.84. The van der Waals surface area contributed by atoms with Crippen molar-refractivity contribution in [3.05, 3.63) is 18.2 Å². The van der Waals surface area contributed by atoms with Crippen LogP contribution in [0.15, 0.2) is 12.4 Å². The molecule has 0 spiro atoms. The Morgan fingerprint density at radius 2 is 2.25 bits per heavy atom. The van der Waals surface area contributed by atoms with E-state index in [1.54, 1.807) is 0 Å². The second kappa shape index (κ2) is 6.04. The van der Waals surface area contributed by atoms with Crippen molar-refractivity contribution in [3.63, 3.8) is 0 Å². The van der Waals surface area contributed by atoms with Gasteiger partial charge < -0.3 is 10.3 Å². The molecule has 1 heterocycles. The van der Waals surface area contributed by atoms with Crippen molar-refractivity contribution in [2.75, 3.05) is 6.54 Å². The number of imidazole rings is 1. The Morgan fingerprint density at radius 1 is 1.44 bits per heavy atom. The van der Waals surface area contributed by atoms with E-state index in [1.807, 2.05) is 12.4 Å². The van der Waals surface area contributed by atoms with Crippen LogP contribution in [0.1, 0.15) is 57.3 Å². The van der Waals surface area contributed by atoms with Gasteiger partial charge in [-0.3, -0.25) is 0 Å². The van der Waals surface area contributed by atoms with Crippen LogP contribution in [-0.4, -0.2) is 16.5 Å². The topological polar surface area (TPSA) is 40.7 Å². The number of nitrogens with one attached hydrogen (secondary N) is 2. The summed E-state index contributed by atoms with van der Waals surface area (Å²) in [7, 11) is 0. The maximum atomic E-state index is 4.26. The van der Waals surface area contributed by atoms with Crippen molar-refractivity contribution >= 4 is 0 Å². The molecule has 2 N–H and O–H groups in total. The summed E-state index contributed by atoms with van der Waals surface area (Å²) >= 11 is 0. The summed E-state index contributed by atoms with van der Waals surface area (Å²) in [5.41, 5.74) is 0. The molecule has 1 aliphatic rings. The van der Waals surface area contributed by atoms with Gasteiger partial charge in [0.05, 0.1) is 6.04 Å². The van der Waals surface area contributed by atoms with E-state index in [9.17, 15) is 0 Å². The van der Waals surface area contributed by atoms with Crippen LogP contribution in [-0.2, 0) is 0 Å². The molecule has 3 nitrogen and oxygen atoms in total. The Morgan fingerprint density at radius 3 is 2.94 bits per heavy atom. The molecule has 1 saturated carbocycles. The van der Waals surface area contributed by atoms with Crippen molar-refractivity contribution in [2.45, 2.75) is 51.5 Å². The molecule has 1 aliphatic carbocycles. The number of nitrogens with zero attached hydrogens (tertiary/aromatic N) is 1. The summed E-state index contributed by atoms with van der Waals surface area (Å²) in [6, 6.07) is 0.346. The molecule has 2 rings (SSSR count). The number of aromatic nitrogens is 2. The molecule has 0 aliphatic heterocycles. The highest BCUT2D eigenvalue weighted by molar-refractivity contribution is 4.93. The predicted molar refractivity (Wildman–Crippen MR) is 66.2 cm³/mol. The highest BCUT2D eigenvalue weighted by Crippen LogP contribution is 2.25. The zero-order valence-electron chi connectivity index (χ0n) is 10.2. The fraction of sp³-hybridized carbons (Fsp3) is 0.769. The van der Waals surface area contributed by atoms with Crippen LogP contribution in [0.2, 0.25) is 0 Å². The van der Waals surface area contributed by atoms with Crippen LogP contribution < -0.4 is 5.32 Å². The lowest BCUT2D eigenvalue weighted by molar-refractivity contribution is 0.328. The van der Waals surface area contributed by atoms with Crippen molar-refractivity contribution < 1.29 is 0 Å². The lowest BCUT2D eigenvalue weighted by atomic mass is 9.87. The SMILES string of the molecule is CC(NCCC1CCCCC1)c1ncc[nH]1. The molecule has 1 aromatic rings. The van der Waals surface area contributed by atoms with Gasteiger partial charge >= 0.3 is 0 Å². The largest absolute Gasteiger partial charge is 0.347 e. The highest BCUT2D eigenvalue weighted by Gasteiger charge is 2.13. The minimum Gasteiger partial charge on any atom is -0.347 e. The molecule has 1 unspecified atom stereocenters. The van der Waals surface area contributed by atoms with E-state index in [4.69, 9.17) is 0 Å². The monoisotopic (exact) mass is 221 g/mol. The second-order valence-electron chi connectivity index (χ2n) is 4.94. The van der Waals surface area contributed by atoms with Crippen molar-refractivity contribution in [1.82, 2.24) is 15.3 Å². The standard InChI is InChI=1S/C13H23N3/c1-11(13-15-9-10-16-13)14-8-7-12-5-3-2-4-6-12/h9-12,14H,2-8H2,1H3,(H,15,16). The lowest BCUT2D eigenvalue weighted by Crippen LogP contribution is -2.23. The van der Waals surface area contributed by atoms with Crippen LogP contribution in [0.3, 0.4) is 0 Å². The van der Waals surface area contributed by atoms with Crippen LogP contribution >= 0.6 is 0 Å². The minimum atomic E-state index is 0.346. The van der Waals surface area contributed by atoms with Crippen molar-refractivity contribution in [1.29, 1.82) is 0 Å². The van der Waals surface area contributed by atoms with Gasteiger partial charge in [0.2, 0.25) is 0 Å². The average molecular weight is 221 g/mol. The zero-order chi connectivity index (χ0) is 11.2. The van der Waals surface area contributed by atoms with Gasteiger partial charge in [0.15, 0.2) is 0 Å². The Kier molecular flexibility index (Phi) is 4.40. The molecule has 0 saturated heterocycles.